The topological polar surface area (TPSA) is 97.9 Å². The minimum atomic E-state index is -0.288. The van der Waals surface area contributed by atoms with Crippen molar-refractivity contribution in [3.05, 3.63) is 59.7 Å². The maximum Gasteiger partial charge on any atom is 0.319 e. The zero-order valence-corrected chi connectivity index (χ0v) is 16.6. The molecule has 1 heterocycles. The molecule has 0 aromatic heterocycles. The van der Waals surface area contributed by atoms with Gasteiger partial charge in [0.2, 0.25) is 5.91 Å². The van der Waals surface area contributed by atoms with Crippen molar-refractivity contribution in [1.29, 1.82) is 0 Å². The molecule has 8 nitrogen and oxygen atoms in total. The second-order valence-electron chi connectivity index (χ2n) is 7.16. The summed E-state index contributed by atoms with van der Waals surface area (Å²) in [5.74, 6) is 0.185. The van der Waals surface area contributed by atoms with Gasteiger partial charge in [0.15, 0.2) is 0 Å². The van der Waals surface area contributed by atoms with Crippen molar-refractivity contribution in [2.45, 2.75) is 12.5 Å². The number of rotatable bonds is 7. The summed E-state index contributed by atoms with van der Waals surface area (Å²) in [4.78, 5) is 25.9. The Morgan fingerprint density at radius 1 is 1.10 bits per heavy atom. The predicted molar refractivity (Wildman–Crippen MR) is 115 cm³/mol. The molecule has 0 bridgehead atoms. The van der Waals surface area contributed by atoms with Crippen molar-refractivity contribution in [3.63, 3.8) is 0 Å². The Labute approximate surface area is 170 Å². The van der Waals surface area contributed by atoms with E-state index in [1.54, 1.807) is 4.90 Å². The predicted octanol–water partition coefficient (Wildman–Crippen LogP) is 2.18. The van der Waals surface area contributed by atoms with Gasteiger partial charge in [-0.1, -0.05) is 24.3 Å². The Morgan fingerprint density at radius 2 is 1.90 bits per heavy atom. The van der Waals surface area contributed by atoms with E-state index in [1.807, 2.05) is 68.8 Å². The zero-order valence-electron chi connectivity index (χ0n) is 16.6. The summed E-state index contributed by atoms with van der Waals surface area (Å²) in [6.07, 6.45) is 1.88. The summed E-state index contributed by atoms with van der Waals surface area (Å²) in [6, 6.07) is 14.9. The van der Waals surface area contributed by atoms with Gasteiger partial charge < -0.3 is 26.3 Å². The molecule has 0 saturated carbocycles. The first-order valence-electron chi connectivity index (χ1n) is 9.44. The molecule has 0 spiro atoms. The highest BCUT2D eigenvalue weighted by molar-refractivity contribution is 5.92. The molecule has 0 radical (unpaired) electrons. The van der Waals surface area contributed by atoms with E-state index < -0.39 is 0 Å². The summed E-state index contributed by atoms with van der Waals surface area (Å²) < 4.78 is 0. The minimum absolute atomic E-state index is 0.0824. The first kappa shape index (κ1) is 20.3. The van der Waals surface area contributed by atoms with Crippen LogP contribution in [0.1, 0.15) is 17.0 Å². The maximum atomic E-state index is 12.2. The fourth-order valence-corrected chi connectivity index (χ4v) is 2.97. The first-order valence-corrected chi connectivity index (χ1v) is 9.44. The summed E-state index contributed by atoms with van der Waals surface area (Å²) in [5, 5.41) is 12.5. The van der Waals surface area contributed by atoms with E-state index in [4.69, 9.17) is 0 Å². The van der Waals surface area contributed by atoms with Gasteiger partial charge in [-0.15, -0.1) is 0 Å². The lowest BCUT2D eigenvalue weighted by Gasteiger charge is -2.12. The highest BCUT2D eigenvalue weighted by Crippen LogP contribution is 2.18. The summed E-state index contributed by atoms with van der Waals surface area (Å²) >= 11 is 0. The van der Waals surface area contributed by atoms with E-state index in [9.17, 15) is 9.59 Å². The normalized spacial score (nSPS) is 15.1. The van der Waals surface area contributed by atoms with E-state index in [2.05, 4.69) is 26.5 Å². The molecule has 1 unspecified atom stereocenters. The van der Waals surface area contributed by atoms with Crippen molar-refractivity contribution >= 4 is 29.5 Å². The average molecular weight is 394 g/mol. The zero-order chi connectivity index (χ0) is 20.6. The van der Waals surface area contributed by atoms with E-state index in [-0.39, 0.29) is 17.9 Å². The number of anilines is 2. The second kappa shape index (κ2) is 9.70. The third kappa shape index (κ3) is 6.32. The summed E-state index contributed by atoms with van der Waals surface area (Å²) in [6.45, 7) is 1.46. The van der Waals surface area contributed by atoms with Crippen molar-refractivity contribution < 1.29 is 9.59 Å². The molecule has 0 saturated heterocycles. The van der Waals surface area contributed by atoms with Crippen LogP contribution >= 0.6 is 0 Å². The van der Waals surface area contributed by atoms with Crippen molar-refractivity contribution in [2.24, 2.45) is 5.10 Å². The number of carbonyl (C=O) groups excluding carboxylic acids is 2. The molecule has 2 aromatic carbocycles. The van der Waals surface area contributed by atoms with Crippen LogP contribution in [0.15, 0.2) is 53.6 Å². The maximum absolute atomic E-state index is 12.2. The molecular weight excluding hydrogens is 368 g/mol. The van der Waals surface area contributed by atoms with Crippen LogP contribution in [0.3, 0.4) is 0 Å². The number of hydrogen-bond donors (Lipinski definition) is 4. The Morgan fingerprint density at radius 3 is 2.59 bits per heavy atom. The fraction of sp³-hybridized carbons (Fsp3) is 0.286. The molecule has 1 aliphatic rings. The summed E-state index contributed by atoms with van der Waals surface area (Å²) in [5.41, 5.74) is 6.41. The number of nitrogens with one attached hydrogen (secondary N) is 4. The average Bonchev–Trinajstić information content (AvgIpc) is 3.21. The Bertz CT molecular complexity index is 879. The largest absolute Gasteiger partial charge is 0.334 e. The molecule has 3 amide bonds. The highest BCUT2D eigenvalue weighted by atomic mass is 16.2. The van der Waals surface area contributed by atoms with Crippen molar-refractivity contribution in [3.8, 4) is 0 Å². The van der Waals surface area contributed by atoms with E-state index >= 15 is 0 Å². The van der Waals surface area contributed by atoms with Crippen LogP contribution in [0.5, 0.6) is 0 Å². The minimum Gasteiger partial charge on any atom is -0.334 e. The van der Waals surface area contributed by atoms with Crippen LogP contribution < -0.4 is 21.4 Å². The number of urea groups is 1. The van der Waals surface area contributed by atoms with Gasteiger partial charge in [0.1, 0.15) is 0 Å². The number of carbonyl (C=O) groups is 2. The highest BCUT2D eigenvalue weighted by Gasteiger charge is 2.12. The van der Waals surface area contributed by atoms with Gasteiger partial charge in [-0.2, -0.15) is 5.10 Å². The quantitative estimate of drug-likeness (QED) is 0.579. The van der Waals surface area contributed by atoms with Crippen LogP contribution in [-0.2, 0) is 11.3 Å². The fourth-order valence-electron chi connectivity index (χ4n) is 2.97. The molecule has 3 rings (SSSR count). The molecule has 29 heavy (non-hydrogen) atoms. The van der Waals surface area contributed by atoms with E-state index in [1.165, 1.54) is 0 Å². The van der Waals surface area contributed by atoms with Crippen molar-refractivity contribution in [2.75, 3.05) is 37.8 Å². The Hall–Kier alpha value is -3.39. The number of likely N-dealkylation sites (N-methyl/N-ethyl adjacent to an activating group) is 1. The number of amides is 3. The Balaban J connectivity index is 1.48. The van der Waals surface area contributed by atoms with Gasteiger partial charge in [0.05, 0.1) is 6.54 Å². The molecule has 2 aromatic rings. The lowest BCUT2D eigenvalue weighted by Crippen LogP contribution is -2.28. The van der Waals surface area contributed by atoms with Crippen LogP contribution in [0.25, 0.3) is 0 Å². The Kier molecular flexibility index (Phi) is 6.80. The van der Waals surface area contributed by atoms with Crippen LogP contribution in [0.2, 0.25) is 0 Å². The lowest BCUT2D eigenvalue weighted by molar-refractivity contribution is -0.116. The van der Waals surface area contributed by atoms with Crippen molar-refractivity contribution in [1.82, 2.24) is 15.6 Å². The molecule has 152 valence electrons. The molecule has 1 atom stereocenters. The second-order valence-corrected chi connectivity index (χ2v) is 7.16. The lowest BCUT2D eigenvalue weighted by atomic mass is 10.0. The number of benzene rings is 2. The van der Waals surface area contributed by atoms with E-state index in [0.29, 0.717) is 18.8 Å². The number of hydrogen-bond acceptors (Lipinski definition) is 5. The third-order valence-electron chi connectivity index (χ3n) is 4.38. The van der Waals surface area contributed by atoms with Gasteiger partial charge in [-0.3, -0.25) is 4.79 Å². The van der Waals surface area contributed by atoms with Crippen LogP contribution in [0, 0.1) is 0 Å². The molecule has 0 fully saturated rings. The molecular formula is C21H26N6O2. The van der Waals surface area contributed by atoms with Gasteiger partial charge in [0.25, 0.3) is 0 Å². The van der Waals surface area contributed by atoms with Gasteiger partial charge in [0, 0.05) is 36.6 Å². The molecule has 8 heteroatoms. The van der Waals surface area contributed by atoms with E-state index in [0.717, 1.165) is 23.4 Å². The van der Waals surface area contributed by atoms with Gasteiger partial charge >= 0.3 is 6.03 Å². The standard InChI is InChI=1S/C21H26N6O2/c1-27(2)14-20(28)25-19-5-3-4-15(10-19)11-22-21(29)26-18-8-6-16(7-9-18)17-12-23-24-13-17/h3-10,12,17,24H,11,13-14H2,1-2H3,(H,25,28)(H2,22,26,29). The SMILES string of the molecule is CN(C)CC(=O)Nc1cccc(CNC(=O)Nc2ccc(C3C=NNC3)cc2)c1. The number of nitrogens with zero attached hydrogens (tertiary/aromatic N) is 2. The molecule has 1 aliphatic heterocycles. The number of hydrazone groups is 1. The molecule has 0 aliphatic carbocycles. The van der Waals surface area contributed by atoms with Crippen LogP contribution in [0.4, 0.5) is 16.2 Å². The monoisotopic (exact) mass is 394 g/mol. The molecule has 4 N–H and O–H groups in total. The summed E-state index contributed by atoms with van der Waals surface area (Å²) in [7, 11) is 3.68. The first-order chi connectivity index (χ1) is 14.0. The van der Waals surface area contributed by atoms with Gasteiger partial charge in [-0.25, -0.2) is 4.79 Å². The van der Waals surface area contributed by atoms with Crippen LogP contribution in [-0.4, -0.2) is 50.2 Å². The van der Waals surface area contributed by atoms with Gasteiger partial charge in [-0.05, 0) is 49.5 Å². The smallest absolute Gasteiger partial charge is 0.319 e. The third-order valence-corrected chi connectivity index (χ3v) is 4.38.